The van der Waals surface area contributed by atoms with Gasteiger partial charge in [-0.25, -0.2) is 4.79 Å². The highest BCUT2D eigenvalue weighted by atomic mass is 127. The third-order valence-corrected chi connectivity index (χ3v) is 2.89. The van der Waals surface area contributed by atoms with Gasteiger partial charge in [-0.05, 0) is 56.4 Å². The fourth-order valence-electron chi connectivity index (χ4n) is 1.17. The minimum atomic E-state index is -0.469. The molecule has 0 fully saturated rings. The Bertz CT molecular complexity index is 413. The maximum Gasteiger partial charge on any atom is 0.407 e. The molecule has 1 aromatic heterocycles. The van der Waals surface area contributed by atoms with Crippen LogP contribution in [0.5, 0.6) is 0 Å². The van der Waals surface area contributed by atoms with Gasteiger partial charge in [-0.2, -0.15) is 0 Å². The van der Waals surface area contributed by atoms with E-state index in [0.29, 0.717) is 6.54 Å². The van der Waals surface area contributed by atoms with Crippen molar-refractivity contribution in [3.8, 4) is 0 Å². The van der Waals surface area contributed by atoms with E-state index in [0.717, 1.165) is 14.8 Å². The number of alkyl carbamates (subject to hydrolysis) is 1. The molecule has 0 spiro atoms. The van der Waals surface area contributed by atoms with Gasteiger partial charge < -0.3 is 10.1 Å². The average molecular weight is 348 g/mol. The highest BCUT2D eigenvalue weighted by Gasteiger charge is 2.15. The van der Waals surface area contributed by atoms with Crippen LogP contribution in [-0.4, -0.2) is 16.7 Å². The van der Waals surface area contributed by atoms with Crippen molar-refractivity contribution in [2.24, 2.45) is 0 Å². The molecule has 1 aromatic rings. The number of carbonyl (C=O) groups excluding carboxylic acids is 1. The lowest BCUT2D eigenvalue weighted by Crippen LogP contribution is -2.32. The minimum Gasteiger partial charge on any atom is -0.444 e. The number of aryl methyl sites for hydroxylation is 1. The molecule has 5 heteroatoms. The first-order valence-corrected chi connectivity index (χ1v) is 6.44. The zero-order valence-electron chi connectivity index (χ0n) is 10.5. The number of nitrogens with one attached hydrogen (secondary N) is 1. The van der Waals surface area contributed by atoms with Gasteiger partial charge in [-0.3, -0.25) is 4.98 Å². The largest absolute Gasteiger partial charge is 0.444 e. The number of halogens is 1. The van der Waals surface area contributed by atoms with E-state index in [1.54, 1.807) is 6.20 Å². The smallest absolute Gasteiger partial charge is 0.407 e. The van der Waals surface area contributed by atoms with E-state index in [4.69, 9.17) is 4.74 Å². The monoisotopic (exact) mass is 348 g/mol. The molecule has 0 bridgehead atoms. The Morgan fingerprint density at radius 2 is 2.18 bits per heavy atom. The lowest BCUT2D eigenvalue weighted by atomic mass is 10.2. The summed E-state index contributed by atoms with van der Waals surface area (Å²) in [5, 5.41) is 2.71. The van der Waals surface area contributed by atoms with Crippen molar-refractivity contribution in [3.63, 3.8) is 0 Å². The van der Waals surface area contributed by atoms with Gasteiger partial charge in [0.05, 0.1) is 0 Å². The van der Waals surface area contributed by atoms with Crippen molar-refractivity contribution in [3.05, 3.63) is 27.1 Å². The molecule has 0 atom stereocenters. The van der Waals surface area contributed by atoms with E-state index in [2.05, 4.69) is 32.9 Å². The maximum atomic E-state index is 11.5. The third-order valence-electron chi connectivity index (χ3n) is 1.89. The summed E-state index contributed by atoms with van der Waals surface area (Å²) in [6.45, 7) is 7.88. The summed E-state index contributed by atoms with van der Waals surface area (Å²) in [4.78, 5) is 15.6. The highest BCUT2D eigenvalue weighted by Crippen LogP contribution is 2.12. The Morgan fingerprint density at radius 3 is 2.71 bits per heavy atom. The van der Waals surface area contributed by atoms with Crippen LogP contribution in [0.1, 0.15) is 32.0 Å². The first-order valence-electron chi connectivity index (χ1n) is 5.36. The lowest BCUT2D eigenvalue weighted by molar-refractivity contribution is 0.0523. The predicted molar refractivity (Wildman–Crippen MR) is 74.8 cm³/mol. The van der Waals surface area contributed by atoms with Crippen molar-refractivity contribution in [2.45, 2.75) is 39.8 Å². The van der Waals surface area contributed by atoms with Crippen LogP contribution in [0.2, 0.25) is 0 Å². The summed E-state index contributed by atoms with van der Waals surface area (Å²) >= 11 is 2.23. The Kier molecular flexibility index (Phi) is 4.73. The van der Waals surface area contributed by atoms with Gasteiger partial charge in [0, 0.05) is 27.6 Å². The van der Waals surface area contributed by atoms with Gasteiger partial charge in [-0.1, -0.05) is 0 Å². The number of rotatable bonds is 2. The summed E-state index contributed by atoms with van der Waals surface area (Å²) in [6, 6.07) is 1.98. The molecular weight excluding hydrogens is 331 g/mol. The lowest BCUT2D eigenvalue weighted by Gasteiger charge is -2.19. The van der Waals surface area contributed by atoms with E-state index in [-0.39, 0.29) is 0 Å². The predicted octanol–water partition coefficient (Wildman–Crippen LogP) is 3.02. The number of amides is 1. The Hall–Kier alpha value is -0.850. The Balaban J connectivity index is 2.53. The molecule has 0 aromatic carbocycles. The number of pyridine rings is 1. The molecule has 4 nitrogen and oxygen atoms in total. The van der Waals surface area contributed by atoms with Crippen LogP contribution in [-0.2, 0) is 11.3 Å². The standard InChI is InChI=1S/C12H17IN2O2/c1-8-5-10(13)9(6-14-8)7-15-11(16)17-12(2,3)4/h5-6H,7H2,1-4H3,(H,15,16). The van der Waals surface area contributed by atoms with Crippen molar-refractivity contribution in [1.29, 1.82) is 0 Å². The average Bonchev–Trinajstić information content (AvgIpc) is 2.13. The first-order chi connectivity index (χ1) is 7.78. The zero-order chi connectivity index (χ0) is 13.1. The summed E-state index contributed by atoms with van der Waals surface area (Å²) < 4.78 is 6.24. The van der Waals surface area contributed by atoms with E-state index < -0.39 is 11.7 Å². The van der Waals surface area contributed by atoms with Crippen LogP contribution in [0.15, 0.2) is 12.3 Å². The fraction of sp³-hybridized carbons (Fsp3) is 0.500. The number of carbonyl (C=O) groups is 1. The molecule has 17 heavy (non-hydrogen) atoms. The molecule has 0 unspecified atom stereocenters. The zero-order valence-corrected chi connectivity index (χ0v) is 12.7. The van der Waals surface area contributed by atoms with E-state index >= 15 is 0 Å². The second kappa shape index (κ2) is 5.66. The van der Waals surface area contributed by atoms with E-state index in [9.17, 15) is 4.79 Å². The molecule has 0 aliphatic rings. The van der Waals surface area contributed by atoms with Crippen LogP contribution >= 0.6 is 22.6 Å². The van der Waals surface area contributed by atoms with Gasteiger partial charge in [0.15, 0.2) is 0 Å². The Morgan fingerprint density at radius 1 is 1.53 bits per heavy atom. The van der Waals surface area contributed by atoms with Gasteiger partial charge >= 0.3 is 6.09 Å². The highest BCUT2D eigenvalue weighted by molar-refractivity contribution is 14.1. The van der Waals surface area contributed by atoms with Crippen LogP contribution < -0.4 is 5.32 Å². The van der Waals surface area contributed by atoms with Crippen molar-refractivity contribution >= 4 is 28.7 Å². The van der Waals surface area contributed by atoms with E-state index in [1.807, 2.05) is 33.8 Å². The van der Waals surface area contributed by atoms with Gasteiger partial charge in [0.25, 0.3) is 0 Å². The summed E-state index contributed by atoms with van der Waals surface area (Å²) in [7, 11) is 0. The van der Waals surface area contributed by atoms with Crippen molar-refractivity contribution in [2.75, 3.05) is 0 Å². The van der Waals surface area contributed by atoms with Crippen LogP contribution in [0, 0.1) is 10.5 Å². The molecule has 0 radical (unpaired) electrons. The third kappa shape index (κ3) is 5.34. The molecular formula is C12H17IN2O2. The topological polar surface area (TPSA) is 51.2 Å². The molecule has 1 amide bonds. The summed E-state index contributed by atoms with van der Waals surface area (Å²) in [6.07, 6.45) is 1.36. The van der Waals surface area contributed by atoms with Crippen LogP contribution in [0.3, 0.4) is 0 Å². The summed E-state index contributed by atoms with van der Waals surface area (Å²) in [5.74, 6) is 0. The molecule has 94 valence electrons. The Labute approximate surface area is 115 Å². The maximum absolute atomic E-state index is 11.5. The second-order valence-electron chi connectivity index (χ2n) is 4.77. The molecule has 0 saturated carbocycles. The molecule has 1 rings (SSSR count). The minimum absolute atomic E-state index is 0.408. The molecule has 0 aliphatic carbocycles. The molecule has 0 saturated heterocycles. The van der Waals surface area contributed by atoms with Crippen LogP contribution in [0.25, 0.3) is 0 Å². The van der Waals surface area contributed by atoms with Gasteiger partial charge in [0.2, 0.25) is 0 Å². The number of hydrogen-bond acceptors (Lipinski definition) is 3. The quantitative estimate of drug-likeness (QED) is 0.836. The van der Waals surface area contributed by atoms with Crippen molar-refractivity contribution < 1.29 is 9.53 Å². The van der Waals surface area contributed by atoms with Gasteiger partial charge in [0.1, 0.15) is 5.60 Å². The number of ether oxygens (including phenoxy) is 1. The fourth-order valence-corrected chi connectivity index (χ4v) is 1.95. The normalized spacial score (nSPS) is 11.1. The summed E-state index contributed by atoms with van der Waals surface area (Å²) in [5.41, 5.74) is 1.49. The number of nitrogens with zero attached hydrogens (tertiary/aromatic N) is 1. The van der Waals surface area contributed by atoms with Crippen LogP contribution in [0.4, 0.5) is 4.79 Å². The van der Waals surface area contributed by atoms with Gasteiger partial charge in [-0.15, -0.1) is 0 Å². The second-order valence-corrected chi connectivity index (χ2v) is 5.93. The first kappa shape index (κ1) is 14.2. The van der Waals surface area contributed by atoms with E-state index in [1.165, 1.54) is 0 Å². The molecule has 1 heterocycles. The van der Waals surface area contributed by atoms with Crippen molar-refractivity contribution in [1.82, 2.24) is 10.3 Å². The molecule has 0 aliphatic heterocycles. The number of aromatic nitrogens is 1. The molecule has 1 N–H and O–H groups in total. The number of hydrogen-bond donors (Lipinski definition) is 1. The SMILES string of the molecule is Cc1cc(I)c(CNC(=O)OC(C)(C)C)cn1.